The number of imide groups is 1. The molecule has 1 aliphatic heterocycles. The van der Waals surface area contributed by atoms with E-state index >= 15 is 0 Å². The molecule has 2 heterocycles. The molecular formula is C22H18Cl2N2O3. The topological polar surface area (TPSA) is 74.3 Å². The van der Waals surface area contributed by atoms with Gasteiger partial charge >= 0.3 is 0 Å². The number of hydrogen-bond acceptors (Lipinski definition) is 4. The quantitative estimate of drug-likeness (QED) is 0.455. The molecule has 7 heteroatoms. The van der Waals surface area contributed by atoms with Crippen LogP contribution in [-0.2, 0) is 9.59 Å². The Morgan fingerprint density at radius 3 is 2.62 bits per heavy atom. The first-order valence-corrected chi connectivity index (χ1v) is 9.88. The van der Waals surface area contributed by atoms with Gasteiger partial charge in [0.2, 0.25) is 0 Å². The van der Waals surface area contributed by atoms with Crippen molar-refractivity contribution < 1.29 is 14.0 Å². The molecule has 2 aromatic rings. The van der Waals surface area contributed by atoms with Crippen LogP contribution in [0, 0.1) is 11.3 Å². The van der Waals surface area contributed by atoms with Gasteiger partial charge in [0, 0.05) is 17.7 Å². The molecule has 3 rings (SSSR count). The third kappa shape index (κ3) is 4.00. The maximum absolute atomic E-state index is 12.9. The molecule has 0 saturated heterocycles. The first kappa shape index (κ1) is 20.9. The summed E-state index contributed by atoms with van der Waals surface area (Å²) in [4.78, 5) is 26.5. The second-order valence-electron chi connectivity index (χ2n) is 6.59. The van der Waals surface area contributed by atoms with Crippen molar-refractivity contribution in [3.63, 3.8) is 0 Å². The minimum absolute atomic E-state index is 0.0309. The van der Waals surface area contributed by atoms with Crippen molar-refractivity contribution in [1.82, 2.24) is 4.90 Å². The predicted octanol–water partition coefficient (Wildman–Crippen LogP) is 5.65. The van der Waals surface area contributed by atoms with Crippen molar-refractivity contribution in [2.75, 3.05) is 6.54 Å². The summed E-state index contributed by atoms with van der Waals surface area (Å²) in [6.07, 6.45) is 3.03. The number of amides is 2. The summed E-state index contributed by atoms with van der Waals surface area (Å²) in [7, 11) is 0. The van der Waals surface area contributed by atoms with Crippen LogP contribution in [0.1, 0.15) is 32.4 Å². The van der Waals surface area contributed by atoms with E-state index < -0.39 is 11.8 Å². The van der Waals surface area contributed by atoms with Gasteiger partial charge in [0.1, 0.15) is 23.2 Å². The van der Waals surface area contributed by atoms with Crippen LogP contribution in [-0.4, -0.2) is 23.3 Å². The molecule has 0 bridgehead atoms. The number of nitrogens with zero attached hydrogens (tertiary/aromatic N) is 2. The van der Waals surface area contributed by atoms with Gasteiger partial charge in [0.05, 0.1) is 10.0 Å². The summed E-state index contributed by atoms with van der Waals surface area (Å²) in [5.74, 6) is -0.0837. The van der Waals surface area contributed by atoms with Crippen LogP contribution >= 0.6 is 23.2 Å². The van der Waals surface area contributed by atoms with E-state index in [9.17, 15) is 14.9 Å². The van der Waals surface area contributed by atoms with Gasteiger partial charge in [0.15, 0.2) is 0 Å². The highest BCUT2D eigenvalue weighted by atomic mass is 35.5. The molecule has 0 unspecified atom stereocenters. The first-order chi connectivity index (χ1) is 13.9. The predicted molar refractivity (Wildman–Crippen MR) is 112 cm³/mol. The molecule has 0 saturated carbocycles. The zero-order valence-electron chi connectivity index (χ0n) is 16.0. The van der Waals surface area contributed by atoms with E-state index in [1.165, 1.54) is 0 Å². The third-order valence-electron chi connectivity index (χ3n) is 4.69. The minimum atomic E-state index is -0.550. The minimum Gasteiger partial charge on any atom is -0.457 e. The molecule has 0 spiro atoms. The molecule has 0 atom stereocenters. The van der Waals surface area contributed by atoms with Crippen LogP contribution in [0.2, 0.25) is 10.0 Å². The van der Waals surface area contributed by atoms with E-state index in [2.05, 4.69) is 0 Å². The lowest BCUT2D eigenvalue weighted by Gasteiger charge is -2.27. The summed E-state index contributed by atoms with van der Waals surface area (Å²) < 4.78 is 5.84. The van der Waals surface area contributed by atoms with Gasteiger partial charge in [-0.25, -0.2) is 0 Å². The third-order valence-corrected chi connectivity index (χ3v) is 5.51. The number of furan rings is 1. The van der Waals surface area contributed by atoms with Gasteiger partial charge in [-0.3, -0.25) is 14.5 Å². The lowest BCUT2D eigenvalue weighted by Crippen LogP contribution is -2.43. The van der Waals surface area contributed by atoms with E-state index in [1.54, 1.807) is 43.3 Å². The van der Waals surface area contributed by atoms with Crippen molar-refractivity contribution in [2.45, 2.75) is 26.7 Å². The van der Waals surface area contributed by atoms with Crippen LogP contribution in [0.15, 0.2) is 51.5 Å². The van der Waals surface area contributed by atoms with Crippen molar-refractivity contribution in [3.05, 3.63) is 62.9 Å². The molecular weight excluding hydrogens is 411 g/mol. The van der Waals surface area contributed by atoms with Crippen molar-refractivity contribution in [1.29, 1.82) is 5.26 Å². The lowest BCUT2D eigenvalue weighted by atomic mass is 9.94. The van der Waals surface area contributed by atoms with Gasteiger partial charge in [-0.05, 0) is 49.3 Å². The number of carbonyl (C=O) groups excluding carboxylic acids is 2. The summed E-state index contributed by atoms with van der Waals surface area (Å²) in [5.41, 5.74) is 1.20. The van der Waals surface area contributed by atoms with Crippen molar-refractivity contribution in [2.24, 2.45) is 0 Å². The number of rotatable bonds is 5. The van der Waals surface area contributed by atoms with Crippen LogP contribution in [0.3, 0.4) is 0 Å². The maximum Gasteiger partial charge on any atom is 0.271 e. The number of benzene rings is 1. The largest absolute Gasteiger partial charge is 0.457 e. The Morgan fingerprint density at radius 2 is 1.93 bits per heavy atom. The van der Waals surface area contributed by atoms with E-state index in [1.807, 2.05) is 13.0 Å². The highest BCUT2D eigenvalue weighted by Gasteiger charge is 2.35. The molecule has 5 nitrogen and oxygen atoms in total. The van der Waals surface area contributed by atoms with Gasteiger partial charge in [-0.15, -0.1) is 0 Å². The van der Waals surface area contributed by atoms with Crippen LogP contribution < -0.4 is 0 Å². The molecule has 0 N–H and O–H groups in total. The molecule has 1 aliphatic rings. The van der Waals surface area contributed by atoms with Gasteiger partial charge in [0.25, 0.3) is 11.8 Å². The fourth-order valence-corrected chi connectivity index (χ4v) is 3.45. The number of halogens is 2. The zero-order chi connectivity index (χ0) is 21.1. The lowest BCUT2D eigenvalue weighted by molar-refractivity contribution is -0.140. The van der Waals surface area contributed by atoms with E-state index in [-0.39, 0.29) is 17.7 Å². The van der Waals surface area contributed by atoms with Gasteiger partial charge in [-0.2, -0.15) is 5.26 Å². The van der Waals surface area contributed by atoms with E-state index in [4.69, 9.17) is 27.6 Å². The van der Waals surface area contributed by atoms with Gasteiger partial charge < -0.3 is 4.42 Å². The van der Waals surface area contributed by atoms with Crippen LogP contribution in [0.4, 0.5) is 0 Å². The molecule has 1 aromatic carbocycles. The highest BCUT2D eigenvalue weighted by Crippen LogP contribution is 2.35. The Morgan fingerprint density at radius 1 is 1.17 bits per heavy atom. The molecule has 0 aliphatic carbocycles. The van der Waals surface area contributed by atoms with Crippen molar-refractivity contribution in [3.8, 4) is 17.4 Å². The number of nitriles is 1. The molecule has 1 aromatic heterocycles. The van der Waals surface area contributed by atoms with Crippen molar-refractivity contribution >= 4 is 41.1 Å². The summed E-state index contributed by atoms with van der Waals surface area (Å²) in [5, 5.41) is 10.2. The Labute approximate surface area is 178 Å². The highest BCUT2D eigenvalue weighted by molar-refractivity contribution is 6.43. The average Bonchev–Trinajstić information content (AvgIpc) is 3.16. The van der Waals surface area contributed by atoms with Crippen LogP contribution in [0.25, 0.3) is 17.4 Å². The van der Waals surface area contributed by atoms with Gasteiger partial charge in [-0.1, -0.05) is 42.6 Å². The number of carbonyl (C=O) groups is 2. The molecule has 29 heavy (non-hydrogen) atoms. The second kappa shape index (κ2) is 8.69. The smallest absolute Gasteiger partial charge is 0.271 e. The SMILES string of the molecule is CCCCN1C(=O)C(C#N)=C(C)/C(=C\c2ccc(-c3cccc(Cl)c3Cl)o2)C1=O. The molecule has 0 radical (unpaired) electrons. The Balaban J connectivity index is 2.03. The molecule has 0 fully saturated rings. The fourth-order valence-electron chi connectivity index (χ4n) is 3.06. The standard InChI is InChI=1S/C22H18Cl2N2O3/c1-3-4-10-26-21(27)16(13(2)17(12-25)22(26)28)11-14-8-9-19(29-14)15-6-5-7-18(23)20(15)24/h5-9,11H,3-4,10H2,1-2H3/b16-11+. The average molecular weight is 429 g/mol. The van der Waals surface area contributed by atoms with E-state index in [0.29, 0.717) is 39.1 Å². The molecule has 148 valence electrons. The maximum atomic E-state index is 12.9. The number of hydrogen-bond donors (Lipinski definition) is 0. The fraction of sp³-hybridized carbons (Fsp3) is 0.227. The molecule has 2 amide bonds. The monoisotopic (exact) mass is 428 g/mol. The first-order valence-electron chi connectivity index (χ1n) is 9.12. The Kier molecular flexibility index (Phi) is 6.26. The van der Waals surface area contributed by atoms with Crippen LogP contribution in [0.5, 0.6) is 0 Å². The Bertz CT molecular complexity index is 1090. The summed E-state index contributed by atoms with van der Waals surface area (Å²) in [6.45, 7) is 3.83. The summed E-state index contributed by atoms with van der Waals surface area (Å²) in [6, 6.07) is 10.6. The normalized spacial score (nSPS) is 16.0. The second-order valence-corrected chi connectivity index (χ2v) is 7.37. The summed E-state index contributed by atoms with van der Waals surface area (Å²) >= 11 is 12.3. The number of unbranched alkanes of at least 4 members (excludes halogenated alkanes) is 1. The Hall–Kier alpha value is -2.81. The van der Waals surface area contributed by atoms with E-state index in [0.717, 1.165) is 11.3 Å². The zero-order valence-corrected chi connectivity index (χ0v) is 17.5.